The molecule has 0 heterocycles. The van der Waals surface area contributed by atoms with Crippen LogP contribution < -0.4 is 5.73 Å². The fourth-order valence-corrected chi connectivity index (χ4v) is 2.22. The van der Waals surface area contributed by atoms with Crippen molar-refractivity contribution >= 4 is 28.3 Å². The Bertz CT molecular complexity index is 314. The van der Waals surface area contributed by atoms with E-state index in [1.807, 2.05) is 0 Å². The highest BCUT2D eigenvalue weighted by atomic mass is 79.9. The van der Waals surface area contributed by atoms with Crippen LogP contribution in [0.25, 0.3) is 0 Å². The molecule has 0 saturated heterocycles. The third-order valence-electron chi connectivity index (χ3n) is 2.77. The van der Waals surface area contributed by atoms with E-state index in [4.69, 9.17) is 5.73 Å². The van der Waals surface area contributed by atoms with Gasteiger partial charge >= 0.3 is 0 Å². The molecule has 0 spiro atoms. The van der Waals surface area contributed by atoms with Gasteiger partial charge in [0.25, 0.3) is 0 Å². The van der Waals surface area contributed by atoms with Gasteiger partial charge in [-0.2, -0.15) is 0 Å². The largest absolute Gasteiger partial charge is 0.324 e. The Balaban J connectivity index is 0.00000196. The molecule has 1 rings (SSSR count). The molecular formula is C12H19BrClN. The molecule has 1 nitrogen and oxygen atoms in total. The molecule has 1 aromatic rings. The van der Waals surface area contributed by atoms with Gasteiger partial charge in [0.1, 0.15) is 0 Å². The van der Waals surface area contributed by atoms with E-state index in [-0.39, 0.29) is 18.4 Å². The van der Waals surface area contributed by atoms with Crippen LogP contribution in [0.3, 0.4) is 0 Å². The van der Waals surface area contributed by atoms with Crippen LogP contribution >= 0.6 is 28.3 Å². The smallest absolute Gasteiger partial charge is 0.0332 e. The maximum atomic E-state index is 6.17. The van der Waals surface area contributed by atoms with Gasteiger partial charge in [-0.15, -0.1) is 12.4 Å². The van der Waals surface area contributed by atoms with Gasteiger partial charge in [0.05, 0.1) is 0 Å². The molecule has 0 amide bonds. The highest BCUT2D eigenvalue weighted by Gasteiger charge is 2.15. The molecule has 3 heteroatoms. The van der Waals surface area contributed by atoms with Gasteiger partial charge in [-0.25, -0.2) is 0 Å². The molecule has 15 heavy (non-hydrogen) atoms. The summed E-state index contributed by atoms with van der Waals surface area (Å²) in [6, 6.07) is 6.49. The first kappa shape index (κ1) is 14.9. The van der Waals surface area contributed by atoms with Crippen LogP contribution in [-0.4, -0.2) is 0 Å². The van der Waals surface area contributed by atoms with Gasteiger partial charge in [-0.1, -0.05) is 48.3 Å². The fraction of sp³-hybridized carbons (Fsp3) is 0.500. The lowest BCUT2D eigenvalue weighted by Crippen LogP contribution is -2.18. The predicted octanol–water partition coefficient (Wildman–Crippen LogP) is 4.23. The second-order valence-electron chi connectivity index (χ2n) is 3.94. The summed E-state index contributed by atoms with van der Waals surface area (Å²) in [5.41, 5.74) is 8.64. The van der Waals surface area contributed by atoms with Crippen molar-refractivity contribution in [3.05, 3.63) is 33.8 Å². The van der Waals surface area contributed by atoms with Crippen LogP contribution in [0.4, 0.5) is 0 Å². The summed E-state index contributed by atoms with van der Waals surface area (Å²) in [5, 5.41) is 0. The van der Waals surface area contributed by atoms with Crippen LogP contribution in [-0.2, 0) is 0 Å². The zero-order valence-electron chi connectivity index (χ0n) is 9.46. The first-order valence-electron chi connectivity index (χ1n) is 5.08. The zero-order chi connectivity index (χ0) is 10.7. The molecule has 1 unspecified atom stereocenters. The number of halogens is 2. The molecule has 0 aliphatic rings. The van der Waals surface area contributed by atoms with Crippen molar-refractivity contribution in [1.82, 2.24) is 0 Å². The number of nitrogens with two attached hydrogens (primary N) is 1. The number of hydrogen-bond donors (Lipinski definition) is 1. The first-order valence-corrected chi connectivity index (χ1v) is 5.87. The molecule has 0 aliphatic heterocycles. The van der Waals surface area contributed by atoms with Crippen molar-refractivity contribution < 1.29 is 0 Å². The Labute approximate surface area is 107 Å². The van der Waals surface area contributed by atoms with Crippen molar-refractivity contribution in [1.29, 1.82) is 0 Å². The molecule has 0 bridgehead atoms. The highest BCUT2D eigenvalue weighted by Crippen LogP contribution is 2.28. The van der Waals surface area contributed by atoms with E-state index in [0.717, 1.165) is 10.9 Å². The normalized spacial score (nSPS) is 14.2. The average molecular weight is 293 g/mol. The quantitative estimate of drug-likeness (QED) is 0.886. The Morgan fingerprint density at radius 2 is 2.00 bits per heavy atom. The highest BCUT2D eigenvalue weighted by molar-refractivity contribution is 9.10. The molecule has 0 aliphatic carbocycles. The lowest BCUT2D eigenvalue weighted by Gasteiger charge is -2.20. The summed E-state index contributed by atoms with van der Waals surface area (Å²) in [6.45, 7) is 6.45. The number of hydrogen-bond acceptors (Lipinski definition) is 1. The number of aryl methyl sites for hydroxylation is 1. The predicted molar refractivity (Wildman–Crippen MR) is 72.5 cm³/mol. The third-order valence-corrected chi connectivity index (χ3v) is 3.46. The van der Waals surface area contributed by atoms with Crippen LogP contribution in [0.5, 0.6) is 0 Å². The van der Waals surface area contributed by atoms with Crippen LogP contribution in [0.1, 0.15) is 37.4 Å². The van der Waals surface area contributed by atoms with Crippen LogP contribution in [0.2, 0.25) is 0 Å². The Hall–Kier alpha value is -0.0500. The lowest BCUT2D eigenvalue weighted by molar-refractivity contribution is 0.455. The van der Waals surface area contributed by atoms with Gasteiger partial charge in [0.2, 0.25) is 0 Å². The van der Waals surface area contributed by atoms with E-state index in [1.54, 1.807) is 0 Å². The first-order chi connectivity index (χ1) is 6.56. The van der Waals surface area contributed by atoms with Crippen LogP contribution in [0.15, 0.2) is 22.7 Å². The van der Waals surface area contributed by atoms with Crippen molar-refractivity contribution in [2.75, 3.05) is 0 Å². The fourth-order valence-electron chi connectivity index (χ4n) is 1.46. The van der Waals surface area contributed by atoms with Crippen LogP contribution in [0, 0.1) is 12.8 Å². The Morgan fingerprint density at radius 1 is 1.40 bits per heavy atom. The van der Waals surface area contributed by atoms with Crippen molar-refractivity contribution in [2.45, 2.75) is 33.2 Å². The molecule has 2 atom stereocenters. The van der Waals surface area contributed by atoms with Crippen molar-refractivity contribution in [2.24, 2.45) is 11.7 Å². The monoisotopic (exact) mass is 291 g/mol. The second-order valence-corrected chi connectivity index (χ2v) is 4.79. The summed E-state index contributed by atoms with van der Waals surface area (Å²) >= 11 is 3.57. The second kappa shape index (κ2) is 6.51. The van der Waals surface area contributed by atoms with Gasteiger partial charge in [-0.05, 0) is 30.0 Å². The standard InChI is InChI=1S/C12H18BrN.ClH/c1-4-9(3)12(14)10-6-5-8(2)7-11(10)13;/h5-7,9,12H,4,14H2,1-3H3;1H/t9?,12-;/m0./s1. The average Bonchev–Trinajstić information content (AvgIpc) is 2.15. The zero-order valence-corrected chi connectivity index (χ0v) is 11.9. The maximum absolute atomic E-state index is 6.17. The van der Waals surface area contributed by atoms with E-state index in [9.17, 15) is 0 Å². The molecular weight excluding hydrogens is 273 g/mol. The van der Waals surface area contributed by atoms with Crippen molar-refractivity contribution in [3.63, 3.8) is 0 Å². The van der Waals surface area contributed by atoms with E-state index >= 15 is 0 Å². The summed E-state index contributed by atoms with van der Waals surface area (Å²) in [4.78, 5) is 0. The van der Waals surface area contributed by atoms with E-state index in [2.05, 4.69) is 54.9 Å². The van der Waals surface area contributed by atoms with E-state index in [1.165, 1.54) is 11.1 Å². The number of rotatable bonds is 3. The minimum absolute atomic E-state index is 0. The van der Waals surface area contributed by atoms with Gasteiger partial charge < -0.3 is 5.73 Å². The van der Waals surface area contributed by atoms with Crippen molar-refractivity contribution in [3.8, 4) is 0 Å². The topological polar surface area (TPSA) is 26.0 Å². The van der Waals surface area contributed by atoms with Gasteiger partial charge in [0, 0.05) is 10.5 Å². The maximum Gasteiger partial charge on any atom is 0.0332 e. The molecule has 0 aromatic heterocycles. The lowest BCUT2D eigenvalue weighted by atomic mass is 9.93. The summed E-state index contributed by atoms with van der Waals surface area (Å²) < 4.78 is 1.13. The van der Waals surface area contributed by atoms with Gasteiger partial charge in [0.15, 0.2) is 0 Å². The minimum Gasteiger partial charge on any atom is -0.324 e. The molecule has 1 aromatic carbocycles. The van der Waals surface area contributed by atoms with Gasteiger partial charge in [-0.3, -0.25) is 0 Å². The summed E-state index contributed by atoms with van der Waals surface area (Å²) in [7, 11) is 0. The molecule has 2 N–H and O–H groups in total. The number of benzene rings is 1. The summed E-state index contributed by atoms with van der Waals surface area (Å²) in [5.74, 6) is 0.522. The molecule has 0 radical (unpaired) electrons. The third kappa shape index (κ3) is 3.78. The molecule has 86 valence electrons. The Kier molecular flexibility index (Phi) is 6.49. The SMILES string of the molecule is CCC(C)[C@H](N)c1ccc(C)cc1Br.Cl. The van der Waals surface area contributed by atoms with E-state index in [0.29, 0.717) is 5.92 Å². The van der Waals surface area contributed by atoms with E-state index < -0.39 is 0 Å². The Morgan fingerprint density at radius 3 is 2.47 bits per heavy atom. The molecule has 0 saturated carbocycles. The minimum atomic E-state index is 0. The molecule has 0 fully saturated rings. The summed E-state index contributed by atoms with van der Waals surface area (Å²) in [6.07, 6.45) is 1.11.